The van der Waals surface area contributed by atoms with E-state index >= 15 is 0 Å². The minimum Gasteiger partial charge on any atom is -0.493 e. The van der Waals surface area contributed by atoms with Crippen molar-refractivity contribution in [1.29, 1.82) is 0 Å². The third-order valence-electron chi connectivity index (χ3n) is 4.04. The fraction of sp³-hybridized carbons (Fsp3) is 0.333. The number of benzene rings is 2. The molecule has 1 aliphatic heterocycles. The molecule has 2 nitrogen and oxygen atoms in total. The van der Waals surface area contributed by atoms with Crippen LogP contribution in [0.1, 0.15) is 34.8 Å². The molecule has 0 saturated heterocycles. The molecule has 0 aromatic heterocycles. The summed E-state index contributed by atoms with van der Waals surface area (Å²) < 4.78 is 6.57. The van der Waals surface area contributed by atoms with Gasteiger partial charge < -0.3 is 9.84 Å². The van der Waals surface area contributed by atoms with Crippen molar-refractivity contribution in [3.8, 4) is 5.75 Å². The molecule has 2 aromatic carbocycles. The lowest BCUT2D eigenvalue weighted by atomic mass is 9.99. The molecular formula is C18H19BrO2. The molecule has 1 aliphatic rings. The number of aliphatic hydroxyl groups excluding tert-OH is 1. The summed E-state index contributed by atoms with van der Waals surface area (Å²) in [6.07, 6.45) is 2.18. The van der Waals surface area contributed by atoms with Crippen molar-refractivity contribution in [2.24, 2.45) is 0 Å². The van der Waals surface area contributed by atoms with E-state index in [1.807, 2.05) is 31.2 Å². The SMILES string of the molecule is Cc1ccc(C(O)CCc2ccc3c(c2)CCO3)cc1Br. The standard InChI is InChI=1S/C18H19BrO2/c1-12-2-5-14(11-16(12)19)17(20)6-3-13-4-7-18-15(10-13)8-9-21-18/h2,4-5,7,10-11,17,20H,3,6,8-9H2,1H3. The van der Waals surface area contributed by atoms with E-state index in [4.69, 9.17) is 4.74 Å². The van der Waals surface area contributed by atoms with Gasteiger partial charge >= 0.3 is 0 Å². The maximum atomic E-state index is 10.3. The molecule has 1 unspecified atom stereocenters. The van der Waals surface area contributed by atoms with Crippen LogP contribution in [0.5, 0.6) is 5.75 Å². The molecule has 3 rings (SSSR count). The van der Waals surface area contributed by atoms with Gasteiger partial charge in [-0.15, -0.1) is 0 Å². The average Bonchev–Trinajstić information content (AvgIpc) is 2.95. The summed E-state index contributed by atoms with van der Waals surface area (Å²) in [6, 6.07) is 12.4. The lowest BCUT2D eigenvalue weighted by Crippen LogP contribution is -2.00. The summed E-state index contributed by atoms with van der Waals surface area (Å²) in [5.74, 6) is 1.02. The number of hydrogen-bond acceptors (Lipinski definition) is 2. The number of hydrogen-bond donors (Lipinski definition) is 1. The highest BCUT2D eigenvalue weighted by atomic mass is 79.9. The lowest BCUT2D eigenvalue weighted by molar-refractivity contribution is 0.168. The van der Waals surface area contributed by atoms with Crippen molar-refractivity contribution < 1.29 is 9.84 Å². The summed E-state index contributed by atoms with van der Waals surface area (Å²) in [7, 11) is 0. The first-order valence-corrected chi connectivity index (χ1v) is 8.11. The topological polar surface area (TPSA) is 29.5 Å². The number of halogens is 1. The van der Waals surface area contributed by atoms with Crippen molar-refractivity contribution in [2.75, 3.05) is 6.61 Å². The molecule has 0 fully saturated rings. The Kier molecular flexibility index (Phi) is 4.32. The molecule has 2 aromatic rings. The molecular weight excluding hydrogens is 328 g/mol. The molecule has 0 spiro atoms. The monoisotopic (exact) mass is 346 g/mol. The molecule has 0 amide bonds. The molecule has 21 heavy (non-hydrogen) atoms. The second kappa shape index (κ2) is 6.20. The van der Waals surface area contributed by atoms with Crippen LogP contribution in [-0.2, 0) is 12.8 Å². The highest BCUT2D eigenvalue weighted by molar-refractivity contribution is 9.10. The number of ether oxygens (including phenoxy) is 1. The Balaban J connectivity index is 1.65. The number of aryl methyl sites for hydroxylation is 2. The Labute approximate surface area is 133 Å². The molecule has 1 atom stereocenters. The highest BCUT2D eigenvalue weighted by Crippen LogP contribution is 2.28. The molecule has 0 bridgehead atoms. The van der Waals surface area contributed by atoms with Gasteiger partial charge in [0.05, 0.1) is 12.7 Å². The van der Waals surface area contributed by atoms with Gasteiger partial charge in [0, 0.05) is 10.9 Å². The van der Waals surface area contributed by atoms with Crippen LogP contribution in [0, 0.1) is 6.92 Å². The summed E-state index contributed by atoms with van der Waals surface area (Å²) in [5, 5.41) is 10.3. The molecule has 3 heteroatoms. The zero-order valence-electron chi connectivity index (χ0n) is 12.1. The van der Waals surface area contributed by atoms with Crippen LogP contribution in [-0.4, -0.2) is 11.7 Å². The zero-order valence-corrected chi connectivity index (χ0v) is 13.7. The second-order valence-corrected chi connectivity index (χ2v) is 6.46. The van der Waals surface area contributed by atoms with Crippen molar-refractivity contribution in [3.05, 3.63) is 63.1 Å². The number of fused-ring (bicyclic) bond motifs is 1. The lowest BCUT2D eigenvalue weighted by Gasteiger charge is -2.12. The van der Waals surface area contributed by atoms with E-state index in [2.05, 4.69) is 28.1 Å². The van der Waals surface area contributed by atoms with Gasteiger partial charge in [0.2, 0.25) is 0 Å². The predicted molar refractivity (Wildman–Crippen MR) is 87.8 cm³/mol. The summed E-state index contributed by atoms with van der Waals surface area (Å²) in [5.41, 5.74) is 4.71. The van der Waals surface area contributed by atoms with Crippen molar-refractivity contribution >= 4 is 15.9 Å². The van der Waals surface area contributed by atoms with Crippen molar-refractivity contribution in [3.63, 3.8) is 0 Å². The van der Waals surface area contributed by atoms with Crippen LogP contribution in [0.15, 0.2) is 40.9 Å². The fourth-order valence-electron chi connectivity index (χ4n) is 2.68. The Morgan fingerprint density at radius 3 is 2.90 bits per heavy atom. The number of rotatable bonds is 4. The van der Waals surface area contributed by atoms with Crippen molar-refractivity contribution in [2.45, 2.75) is 32.3 Å². The summed E-state index contributed by atoms with van der Waals surface area (Å²) in [4.78, 5) is 0. The minimum atomic E-state index is -0.425. The van der Waals surface area contributed by atoms with Crippen LogP contribution < -0.4 is 4.74 Å². The molecule has 0 radical (unpaired) electrons. The van der Waals surface area contributed by atoms with Crippen LogP contribution in [0.2, 0.25) is 0 Å². The Bertz CT molecular complexity index is 652. The first-order chi connectivity index (χ1) is 10.1. The summed E-state index contributed by atoms with van der Waals surface area (Å²) >= 11 is 3.52. The second-order valence-electron chi connectivity index (χ2n) is 5.60. The maximum Gasteiger partial charge on any atom is 0.122 e. The van der Waals surface area contributed by atoms with Crippen LogP contribution in [0.25, 0.3) is 0 Å². The van der Waals surface area contributed by atoms with Gasteiger partial charge in [-0.3, -0.25) is 0 Å². The maximum absolute atomic E-state index is 10.3. The third kappa shape index (κ3) is 3.30. The van der Waals surface area contributed by atoms with Crippen LogP contribution >= 0.6 is 15.9 Å². The molecule has 110 valence electrons. The fourth-order valence-corrected chi connectivity index (χ4v) is 3.08. The minimum absolute atomic E-state index is 0.425. The van der Waals surface area contributed by atoms with E-state index in [9.17, 15) is 5.11 Å². The highest BCUT2D eigenvalue weighted by Gasteiger charge is 2.13. The molecule has 0 aliphatic carbocycles. The molecule has 1 N–H and O–H groups in total. The van der Waals surface area contributed by atoms with Crippen molar-refractivity contribution in [1.82, 2.24) is 0 Å². The van der Waals surface area contributed by atoms with Gasteiger partial charge in [-0.2, -0.15) is 0 Å². The quantitative estimate of drug-likeness (QED) is 0.891. The summed E-state index contributed by atoms with van der Waals surface area (Å²) in [6.45, 7) is 2.84. The average molecular weight is 347 g/mol. The normalized spacial score (nSPS) is 14.6. The third-order valence-corrected chi connectivity index (χ3v) is 4.90. The molecule has 0 saturated carbocycles. The zero-order chi connectivity index (χ0) is 14.8. The van der Waals surface area contributed by atoms with Gasteiger partial charge in [-0.1, -0.05) is 40.2 Å². The Morgan fingerprint density at radius 1 is 1.24 bits per heavy atom. The van der Waals surface area contributed by atoms with Crippen LogP contribution in [0.4, 0.5) is 0 Å². The Morgan fingerprint density at radius 2 is 2.10 bits per heavy atom. The predicted octanol–water partition coefficient (Wildman–Crippen LogP) is 4.36. The van der Waals surface area contributed by atoms with Gasteiger partial charge in [0.15, 0.2) is 0 Å². The van der Waals surface area contributed by atoms with E-state index in [0.29, 0.717) is 0 Å². The van der Waals surface area contributed by atoms with Gasteiger partial charge in [-0.05, 0) is 54.2 Å². The van der Waals surface area contributed by atoms with Gasteiger partial charge in [0.25, 0.3) is 0 Å². The largest absolute Gasteiger partial charge is 0.493 e. The van der Waals surface area contributed by atoms with Gasteiger partial charge in [0.1, 0.15) is 5.75 Å². The van der Waals surface area contributed by atoms with E-state index in [1.165, 1.54) is 16.7 Å². The first kappa shape index (κ1) is 14.6. The first-order valence-electron chi connectivity index (χ1n) is 7.32. The van der Waals surface area contributed by atoms with E-state index < -0.39 is 6.10 Å². The molecule has 1 heterocycles. The van der Waals surface area contributed by atoms with Gasteiger partial charge in [-0.25, -0.2) is 0 Å². The van der Waals surface area contributed by atoms with E-state index in [0.717, 1.165) is 41.7 Å². The van der Waals surface area contributed by atoms with E-state index in [-0.39, 0.29) is 0 Å². The van der Waals surface area contributed by atoms with Crippen LogP contribution in [0.3, 0.4) is 0 Å². The van der Waals surface area contributed by atoms with E-state index in [1.54, 1.807) is 0 Å². The number of aliphatic hydroxyl groups is 1. The Hall–Kier alpha value is -1.32. The smallest absolute Gasteiger partial charge is 0.122 e.